The Labute approximate surface area is 151 Å². The van der Waals surface area contributed by atoms with E-state index in [1.165, 1.54) is 31.2 Å². The summed E-state index contributed by atoms with van der Waals surface area (Å²) in [7, 11) is 0. The Morgan fingerprint density at radius 1 is 1.12 bits per heavy atom. The average molecular weight is 383 g/mol. The van der Waals surface area contributed by atoms with Gasteiger partial charge in [-0.05, 0) is 43.3 Å². The van der Waals surface area contributed by atoms with E-state index in [4.69, 9.17) is 22.1 Å². The van der Waals surface area contributed by atoms with Gasteiger partial charge in [0.1, 0.15) is 0 Å². The normalized spacial score (nSPS) is 11.5. The van der Waals surface area contributed by atoms with E-state index in [2.05, 4.69) is 5.32 Å². The minimum absolute atomic E-state index is 0.260. The quantitative estimate of drug-likeness (QED) is 0.613. The highest BCUT2D eigenvalue weighted by atomic mass is 35.5. The summed E-state index contributed by atoms with van der Waals surface area (Å²) in [6.07, 6.45) is -1.25. The number of rotatable bonds is 5. The Balaban J connectivity index is 2.03. The van der Waals surface area contributed by atoms with Crippen LogP contribution in [0.3, 0.4) is 0 Å². The van der Waals surface area contributed by atoms with Gasteiger partial charge in [-0.25, -0.2) is 13.6 Å². The first-order chi connectivity index (χ1) is 12.2. The van der Waals surface area contributed by atoms with Crippen LogP contribution < -0.4 is 11.1 Å². The van der Waals surface area contributed by atoms with Crippen LogP contribution in [-0.2, 0) is 9.53 Å². The molecule has 2 rings (SSSR count). The first-order valence-electron chi connectivity index (χ1n) is 7.25. The van der Waals surface area contributed by atoms with Gasteiger partial charge in [-0.2, -0.15) is 0 Å². The largest absolute Gasteiger partial charge is 0.449 e. The number of nitrogens with one attached hydrogen (secondary N) is 1. The molecule has 0 spiro atoms. The molecule has 2 amide bonds. The summed E-state index contributed by atoms with van der Waals surface area (Å²) in [5.41, 5.74) is 5.31. The molecule has 0 fully saturated rings. The van der Waals surface area contributed by atoms with Crippen LogP contribution >= 0.6 is 11.6 Å². The highest BCUT2D eigenvalue weighted by molar-refractivity contribution is 6.33. The Kier molecular flexibility index (Phi) is 5.89. The molecule has 0 bridgehead atoms. The van der Waals surface area contributed by atoms with Crippen LogP contribution in [0.1, 0.15) is 27.6 Å². The Bertz CT molecular complexity index is 872. The number of carbonyl (C=O) groups excluding carboxylic acids is 3. The van der Waals surface area contributed by atoms with Crippen molar-refractivity contribution in [2.75, 3.05) is 5.32 Å². The highest BCUT2D eigenvalue weighted by Crippen LogP contribution is 2.21. The molecule has 136 valence electrons. The summed E-state index contributed by atoms with van der Waals surface area (Å²) in [4.78, 5) is 35.0. The average Bonchev–Trinajstić information content (AvgIpc) is 2.58. The van der Waals surface area contributed by atoms with Crippen molar-refractivity contribution < 1.29 is 27.9 Å². The number of ether oxygens (including phenoxy) is 1. The number of amides is 2. The lowest BCUT2D eigenvalue weighted by molar-refractivity contribution is -0.123. The molecule has 6 nitrogen and oxygen atoms in total. The van der Waals surface area contributed by atoms with Crippen molar-refractivity contribution in [1.29, 1.82) is 0 Å². The fourth-order valence-electron chi connectivity index (χ4n) is 1.92. The molecule has 9 heteroatoms. The topological polar surface area (TPSA) is 98.5 Å². The van der Waals surface area contributed by atoms with Crippen LogP contribution in [-0.4, -0.2) is 23.9 Å². The van der Waals surface area contributed by atoms with E-state index in [1.54, 1.807) is 0 Å². The smallest absolute Gasteiger partial charge is 0.340 e. The lowest BCUT2D eigenvalue weighted by Gasteiger charge is -2.14. The lowest BCUT2D eigenvalue weighted by Crippen LogP contribution is -2.30. The van der Waals surface area contributed by atoms with Gasteiger partial charge in [0, 0.05) is 11.3 Å². The monoisotopic (exact) mass is 382 g/mol. The molecule has 0 unspecified atom stereocenters. The number of esters is 1. The molecule has 0 saturated heterocycles. The first kappa shape index (κ1) is 19.3. The third-order valence-corrected chi connectivity index (χ3v) is 3.63. The van der Waals surface area contributed by atoms with Gasteiger partial charge in [-0.3, -0.25) is 9.59 Å². The third kappa shape index (κ3) is 4.54. The lowest BCUT2D eigenvalue weighted by atomic mass is 10.2. The standard InChI is InChI=1S/C17H13ClF2N2O4/c1-8(16(24)22-10-4-2-9(3-5-10)15(21)23)26-17(25)11-6-13(19)14(20)7-12(11)18/h2-8H,1H3,(H2,21,23)(H,22,24)/t8-/m0/s1. The van der Waals surface area contributed by atoms with E-state index in [-0.39, 0.29) is 10.6 Å². The maximum absolute atomic E-state index is 13.2. The SMILES string of the molecule is C[C@H](OC(=O)c1cc(F)c(F)cc1Cl)C(=O)Nc1ccc(C(N)=O)cc1. The number of nitrogens with two attached hydrogens (primary N) is 1. The molecule has 3 N–H and O–H groups in total. The van der Waals surface area contributed by atoms with Crippen molar-refractivity contribution in [3.8, 4) is 0 Å². The summed E-state index contributed by atoms with van der Waals surface area (Å²) in [5, 5.41) is 2.12. The predicted octanol–water partition coefficient (Wildman–Crippen LogP) is 2.90. The van der Waals surface area contributed by atoms with Crippen molar-refractivity contribution >= 4 is 35.1 Å². The molecular weight excluding hydrogens is 370 g/mol. The van der Waals surface area contributed by atoms with Crippen LogP contribution in [0.25, 0.3) is 0 Å². The van der Waals surface area contributed by atoms with E-state index in [0.717, 1.165) is 0 Å². The molecule has 26 heavy (non-hydrogen) atoms. The highest BCUT2D eigenvalue weighted by Gasteiger charge is 2.22. The molecule has 0 saturated carbocycles. The number of benzene rings is 2. The van der Waals surface area contributed by atoms with Gasteiger partial charge in [-0.15, -0.1) is 0 Å². The van der Waals surface area contributed by atoms with Gasteiger partial charge in [0.25, 0.3) is 5.91 Å². The molecule has 2 aromatic rings. The summed E-state index contributed by atoms with van der Waals surface area (Å²) >= 11 is 5.68. The summed E-state index contributed by atoms with van der Waals surface area (Å²) in [6.45, 7) is 1.29. The molecule has 2 aromatic carbocycles. The second kappa shape index (κ2) is 7.92. The van der Waals surface area contributed by atoms with Gasteiger partial charge in [0.15, 0.2) is 17.7 Å². The first-order valence-corrected chi connectivity index (χ1v) is 7.63. The molecule has 0 aromatic heterocycles. The molecule has 0 aliphatic rings. The zero-order valence-corrected chi connectivity index (χ0v) is 14.1. The van der Waals surface area contributed by atoms with Crippen LogP contribution in [0.2, 0.25) is 5.02 Å². The maximum Gasteiger partial charge on any atom is 0.340 e. The Morgan fingerprint density at radius 2 is 1.69 bits per heavy atom. The van der Waals surface area contributed by atoms with Crippen molar-refractivity contribution in [3.63, 3.8) is 0 Å². The molecule has 1 atom stereocenters. The number of hydrogen-bond acceptors (Lipinski definition) is 4. The van der Waals surface area contributed by atoms with E-state index in [1.807, 2.05) is 0 Å². The number of primary amides is 1. The second-order valence-corrected chi connectivity index (χ2v) is 5.63. The molecule has 0 aliphatic heterocycles. The zero-order chi connectivity index (χ0) is 19.4. The Hall–Kier alpha value is -3.00. The number of anilines is 1. The van der Waals surface area contributed by atoms with Gasteiger partial charge in [0.2, 0.25) is 5.91 Å². The van der Waals surface area contributed by atoms with Crippen molar-refractivity contribution in [3.05, 3.63) is 64.2 Å². The zero-order valence-electron chi connectivity index (χ0n) is 13.4. The predicted molar refractivity (Wildman–Crippen MR) is 89.8 cm³/mol. The fraction of sp³-hybridized carbons (Fsp3) is 0.118. The van der Waals surface area contributed by atoms with E-state index >= 15 is 0 Å². The number of halogens is 3. The van der Waals surface area contributed by atoms with E-state index < -0.39 is 41.1 Å². The van der Waals surface area contributed by atoms with Crippen molar-refractivity contribution in [1.82, 2.24) is 0 Å². The van der Waals surface area contributed by atoms with Crippen LogP contribution in [0.15, 0.2) is 36.4 Å². The summed E-state index contributed by atoms with van der Waals surface area (Å²) < 4.78 is 31.2. The fourth-order valence-corrected chi connectivity index (χ4v) is 2.15. The van der Waals surface area contributed by atoms with Gasteiger partial charge < -0.3 is 15.8 Å². The second-order valence-electron chi connectivity index (χ2n) is 5.22. The third-order valence-electron chi connectivity index (χ3n) is 3.32. The minimum atomic E-state index is -1.27. The summed E-state index contributed by atoms with van der Waals surface area (Å²) in [5.74, 6) is -4.86. The molecule has 0 aliphatic carbocycles. The van der Waals surface area contributed by atoms with Gasteiger partial charge >= 0.3 is 5.97 Å². The minimum Gasteiger partial charge on any atom is -0.449 e. The van der Waals surface area contributed by atoms with E-state index in [9.17, 15) is 23.2 Å². The summed E-state index contributed by atoms with van der Waals surface area (Å²) in [6, 6.07) is 6.94. The van der Waals surface area contributed by atoms with Crippen molar-refractivity contribution in [2.45, 2.75) is 13.0 Å². The van der Waals surface area contributed by atoms with Crippen LogP contribution in [0.4, 0.5) is 14.5 Å². The number of hydrogen-bond donors (Lipinski definition) is 2. The van der Waals surface area contributed by atoms with Crippen LogP contribution in [0.5, 0.6) is 0 Å². The maximum atomic E-state index is 13.2. The van der Waals surface area contributed by atoms with Gasteiger partial charge in [0.05, 0.1) is 10.6 Å². The molecule has 0 radical (unpaired) electrons. The van der Waals surface area contributed by atoms with Crippen molar-refractivity contribution in [2.24, 2.45) is 5.73 Å². The van der Waals surface area contributed by atoms with E-state index in [0.29, 0.717) is 17.8 Å². The Morgan fingerprint density at radius 3 is 2.27 bits per heavy atom. The molecule has 0 heterocycles. The van der Waals surface area contributed by atoms with Crippen LogP contribution in [0, 0.1) is 11.6 Å². The molecular formula is C17H13ClF2N2O4. The number of carbonyl (C=O) groups is 3. The van der Waals surface area contributed by atoms with Gasteiger partial charge in [-0.1, -0.05) is 11.6 Å².